The van der Waals surface area contributed by atoms with Crippen LogP contribution in [0.15, 0.2) is 21.9 Å². The zero-order valence-electron chi connectivity index (χ0n) is 25.7. The van der Waals surface area contributed by atoms with Crippen molar-refractivity contribution in [3.63, 3.8) is 0 Å². The zero-order valence-corrected chi connectivity index (χ0v) is 27.5. The molecule has 0 aromatic carbocycles. The van der Waals surface area contributed by atoms with Crippen molar-refractivity contribution in [2.75, 3.05) is 13.2 Å². The van der Waals surface area contributed by atoms with E-state index in [0.29, 0.717) is 4.57 Å². The van der Waals surface area contributed by atoms with E-state index in [4.69, 9.17) is 23.8 Å². The highest BCUT2D eigenvalue weighted by atomic mass is 31.3. The summed E-state index contributed by atoms with van der Waals surface area (Å²) in [7, 11) is -11.4. The van der Waals surface area contributed by atoms with Gasteiger partial charge in [-0.3, -0.25) is 37.8 Å². The van der Waals surface area contributed by atoms with Crippen molar-refractivity contribution in [2.45, 2.75) is 88.1 Å². The number of phosphoric acid groups is 2. The van der Waals surface area contributed by atoms with E-state index >= 15 is 0 Å². The number of aromatic nitrogens is 2. The zero-order chi connectivity index (χ0) is 37.0. The number of carboxylic acid groups (broad SMARTS) is 1. The number of carbonyl (C=O) groups excluding carboxylic acids is 2. The van der Waals surface area contributed by atoms with Crippen molar-refractivity contribution in [3.05, 3.63) is 33.1 Å². The summed E-state index contributed by atoms with van der Waals surface area (Å²) in [6.45, 7) is 1.15. The van der Waals surface area contributed by atoms with Crippen molar-refractivity contribution >= 4 is 33.4 Å². The van der Waals surface area contributed by atoms with Gasteiger partial charge in [0.25, 0.3) is 5.56 Å². The first kappa shape index (κ1) is 40.5. The first-order chi connectivity index (χ1) is 22.7. The molecule has 2 fully saturated rings. The molecule has 1 aromatic heterocycles. The fourth-order valence-corrected chi connectivity index (χ4v) is 6.76. The SMILES string of the molecule is CC(=O)NC1[C@H](OP(=O)(O)OP(=O)(O)OCC2OC(n3ccc(=O)[nH]c3=O)C(O)C2O)OC(CO)[C@@H](O)[C@@H]1O[C@H](C)C(=O)N[C@@H](C)C(=O)O. The Hall–Kier alpha value is -2.93. The number of ether oxygens (including phenoxy) is 3. The molecule has 3 heterocycles. The highest BCUT2D eigenvalue weighted by Crippen LogP contribution is 2.61. The van der Waals surface area contributed by atoms with Crippen LogP contribution >= 0.6 is 15.6 Å². The Bertz CT molecular complexity index is 1570. The number of rotatable bonds is 15. The average Bonchev–Trinajstić information content (AvgIpc) is 3.26. The molecule has 24 nitrogen and oxygen atoms in total. The van der Waals surface area contributed by atoms with Crippen LogP contribution in [-0.2, 0) is 51.1 Å². The van der Waals surface area contributed by atoms with E-state index in [-0.39, 0.29) is 0 Å². The van der Waals surface area contributed by atoms with Crippen LogP contribution in [0.2, 0.25) is 0 Å². The minimum atomic E-state index is -5.80. The third kappa shape index (κ3) is 10.5. The standard InChI is InChI=1S/C23H36N4O20P2/c1-8(21(35)36)24-19(34)9(2)43-18-14(25-10(3)29)22(45-11(6-28)16(18)32)46-49(40,41)47-48(38,39)42-7-12-15(31)17(33)20(44-12)27-5-4-13(30)26-23(27)37/h4-5,8-9,11-12,14-18,20,22,28,31-33H,6-7H2,1-3H3,(H,24,34)(H,25,29)(H,35,36)(H,38,39)(H,40,41)(H,26,30,37)/t8-,9+,11?,12?,14?,15?,16+,17?,18+,20?,22-/m0/s1. The maximum atomic E-state index is 12.9. The molecule has 10 N–H and O–H groups in total. The quantitative estimate of drug-likeness (QED) is 0.0753. The van der Waals surface area contributed by atoms with Gasteiger partial charge in [0, 0.05) is 19.2 Å². The van der Waals surface area contributed by atoms with E-state index in [1.165, 1.54) is 0 Å². The summed E-state index contributed by atoms with van der Waals surface area (Å²) in [5.41, 5.74) is -1.81. The molecule has 3 rings (SSSR count). The summed E-state index contributed by atoms with van der Waals surface area (Å²) in [6, 6.07) is -2.25. The van der Waals surface area contributed by atoms with E-state index in [0.717, 1.165) is 33.0 Å². The lowest BCUT2D eigenvalue weighted by molar-refractivity contribution is -0.261. The number of carboxylic acids is 1. The second kappa shape index (κ2) is 16.4. The number of aliphatic hydroxyl groups is 4. The Labute approximate surface area is 274 Å². The van der Waals surface area contributed by atoms with Crippen molar-refractivity contribution in [1.29, 1.82) is 0 Å². The molecule has 0 radical (unpaired) electrons. The van der Waals surface area contributed by atoms with Crippen molar-refractivity contribution in [1.82, 2.24) is 20.2 Å². The minimum Gasteiger partial charge on any atom is -0.480 e. The van der Waals surface area contributed by atoms with Crippen molar-refractivity contribution in [3.8, 4) is 0 Å². The Morgan fingerprint density at radius 2 is 1.69 bits per heavy atom. The molecule has 2 saturated heterocycles. The Morgan fingerprint density at radius 1 is 1.04 bits per heavy atom. The van der Waals surface area contributed by atoms with Crippen LogP contribution in [0.25, 0.3) is 0 Å². The first-order valence-electron chi connectivity index (χ1n) is 14.1. The molecular formula is C23H36N4O20P2. The molecule has 278 valence electrons. The summed E-state index contributed by atoms with van der Waals surface area (Å²) in [4.78, 5) is 81.3. The summed E-state index contributed by atoms with van der Waals surface area (Å²) < 4.78 is 56.0. The summed E-state index contributed by atoms with van der Waals surface area (Å²) in [6.07, 6.45) is -15.0. The molecule has 26 heteroatoms. The lowest BCUT2D eigenvalue weighted by Gasteiger charge is -2.44. The van der Waals surface area contributed by atoms with Crippen molar-refractivity contribution < 1.29 is 86.4 Å². The Morgan fingerprint density at radius 3 is 2.27 bits per heavy atom. The lowest BCUT2D eigenvalue weighted by atomic mass is 9.96. The number of carbonyl (C=O) groups is 3. The number of nitrogens with zero attached hydrogens (tertiary/aromatic N) is 1. The Balaban J connectivity index is 1.73. The van der Waals surface area contributed by atoms with E-state index in [9.17, 15) is 63.3 Å². The molecule has 0 aliphatic carbocycles. The smallest absolute Gasteiger partial charge is 0.480 e. The molecule has 2 aliphatic heterocycles. The van der Waals surface area contributed by atoms with Gasteiger partial charge in [-0.1, -0.05) is 0 Å². The van der Waals surface area contributed by atoms with Crippen LogP contribution in [-0.4, -0.2) is 137 Å². The fourth-order valence-electron chi connectivity index (χ4n) is 4.59. The van der Waals surface area contributed by atoms with Gasteiger partial charge in [0.05, 0.1) is 13.2 Å². The monoisotopic (exact) mass is 750 g/mol. The van der Waals surface area contributed by atoms with E-state index in [1.807, 2.05) is 4.98 Å². The number of hydrogen-bond acceptors (Lipinski definition) is 17. The molecule has 13 atom stereocenters. The largest absolute Gasteiger partial charge is 0.483 e. The van der Waals surface area contributed by atoms with Gasteiger partial charge >= 0.3 is 27.3 Å². The number of nitrogens with one attached hydrogen (secondary N) is 3. The van der Waals surface area contributed by atoms with Crippen molar-refractivity contribution in [2.24, 2.45) is 0 Å². The maximum Gasteiger partial charge on any atom is 0.483 e. The predicted octanol–water partition coefficient (Wildman–Crippen LogP) is -4.65. The minimum absolute atomic E-state index is 0.701. The van der Waals surface area contributed by atoms with Crippen LogP contribution in [0, 0.1) is 0 Å². The molecule has 0 bridgehead atoms. The topological polar surface area (TPSA) is 361 Å². The molecule has 2 amide bonds. The molecule has 2 aliphatic rings. The lowest BCUT2D eigenvalue weighted by Crippen LogP contribution is -2.66. The number of amides is 2. The summed E-state index contributed by atoms with van der Waals surface area (Å²) >= 11 is 0. The molecule has 0 spiro atoms. The number of aliphatic carboxylic acids is 1. The fraction of sp³-hybridized carbons (Fsp3) is 0.696. The number of hydrogen-bond donors (Lipinski definition) is 10. The van der Waals surface area contributed by atoms with Crippen LogP contribution < -0.4 is 21.9 Å². The number of aromatic amines is 1. The van der Waals surface area contributed by atoms with Gasteiger partial charge in [0.15, 0.2) is 12.5 Å². The molecule has 0 saturated carbocycles. The second-order valence-corrected chi connectivity index (χ2v) is 13.7. The maximum absolute atomic E-state index is 12.9. The summed E-state index contributed by atoms with van der Waals surface area (Å²) in [5.74, 6) is -3.26. The number of H-pyrrole nitrogens is 1. The van der Waals surface area contributed by atoms with Gasteiger partial charge in [-0.25, -0.2) is 13.9 Å². The molecule has 8 unspecified atom stereocenters. The van der Waals surface area contributed by atoms with Gasteiger partial charge in [-0.15, -0.1) is 0 Å². The third-order valence-corrected chi connectivity index (χ3v) is 9.59. The second-order valence-electron chi connectivity index (χ2n) is 10.7. The number of aliphatic hydroxyl groups excluding tert-OH is 4. The predicted molar refractivity (Wildman–Crippen MR) is 154 cm³/mol. The Kier molecular flexibility index (Phi) is 13.6. The third-order valence-electron chi connectivity index (χ3n) is 6.99. The van der Waals surface area contributed by atoms with Crippen LogP contribution in [0.4, 0.5) is 0 Å². The van der Waals surface area contributed by atoms with Gasteiger partial charge in [-0.05, 0) is 13.8 Å². The molecular weight excluding hydrogens is 714 g/mol. The number of phosphoric ester groups is 2. The van der Waals surface area contributed by atoms with Crippen LogP contribution in [0.3, 0.4) is 0 Å². The van der Waals surface area contributed by atoms with Gasteiger partial charge < -0.3 is 60.2 Å². The first-order valence-corrected chi connectivity index (χ1v) is 17.1. The normalized spacial score (nSPS) is 32.3. The van der Waals surface area contributed by atoms with Crippen LogP contribution in [0.5, 0.6) is 0 Å². The molecule has 1 aromatic rings. The van der Waals surface area contributed by atoms with Gasteiger partial charge in [0.1, 0.15) is 54.8 Å². The van der Waals surface area contributed by atoms with E-state index < -0.39 is 125 Å². The van der Waals surface area contributed by atoms with E-state index in [1.54, 1.807) is 0 Å². The molecule has 49 heavy (non-hydrogen) atoms. The van der Waals surface area contributed by atoms with Gasteiger partial charge in [-0.2, -0.15) is 4.31 Å². The van der Waals surface area contributed by atoms with Crippen LogP contribution in [0.1, 0.15) is 27.0 Å². The summed E-state index contributed by atoms with van der Waals surface area (Å²) in [5, 5.41) is 54.4. The van der Waals surface area contributed by atoms with E-state index in [2.05, 4.69) is 19.5 Å². The highest BCUT2D eigenvalue weighted by Gasteiger charge is 2.52. The highest BCUT2D eigenvalue weighted by molar-refractivity contribution is 7.61. The van der Waals surface area contributed by atoms with Gasteiger partial charge in [0.2, 0.25) is 11.8 Å². The average molecular weight is 750 g/mol.